The maximum Gasteiger partial charge on any atom is 0.273 e. The van der Waals surface area contributed by atoms with Crippen LogP contribution >= 0.6 is 22.9 Å². The summed E-state index contributed by atoms with van der Waals surface area (Å²) < 4.78 is 3.96. The number of hydrogen-bond acceptors (Lipinski definition) is 7. The monoisotopic (exact) mass is 469 g/mol. The highest BCUT2D eigenvalue weighted by atomic mass is 32.1. The van der Waals surface area contributed by atoms with E-state index in [2.05, 4.69) is 9.69 Å². The Labute approximate surface area is 193 Å². The molecule has 0 bridgehead atoms. The minimum Gasteiger partial charge on any atom is -0.395 e. The molecule has 1 aliphatic carbocycles. The van der Waals surface area contributed by atoms with Gasteiger partial charge in [0.15, 0.2) is 11.7 Å². The van der Waals surface area contributed by atoms with E-state index >= 15 is 0 Å². The third-order valence-electron chi connectivity index (χ3n) is 5.43. The first-order valence-corrected chi connectivity index (χ1v) is 11.9. The predicted molar refractivity (Wildman–Crippen MR) is 126 cm³/mol. The van der Waals surface area contributed by atoms with Crippen LogP contribution in [-0.4, -0.2) is 28.1 Å². The molecule has 1 atom stereocenters. The maximum atomic E-state index is 13.8. The summed E-state index contributed by atoms with van der Waals surface area (Å²) in [4.78, 5) is 41.1. The second kappa shape index (κ2) is 9.49. The summed E-state index contributed by atoms with van der Waals surface area (Å²) >= 11 is 2.19. The lowest BCUT2D eigenvalue weighted by molar-refractivity contribution is -0.123. The topological polar surface area (TPSA) is 131 Å². The summed E-state index contributed by atoms with van der Waals surface area (Å²) in [6, 6.07) is 11.8. The predicted octanol–water partition coefficient (Wildman–Crippen LogP) is 3.33. The first-order chi connectivity index (χ1) is 15.5. The Kier molecular flexibility index (Phi) is 6.52. The van der Waals surface area contributed by atoms with Crippen molar-refractivity contribution >= 4 is 52.0 Å². The molecule has 10 heteroatoms. The highest BCUT2D eigenvalue weighted by molar-refractivity contribution is 7.10. The zero-order valence-corrected chi connectivity index (χ0v) is 18.8. The number of nitrogens with one attached hydrogen (secondary N) is 1. The van der Waals surface area contributed by atoms with Crippen LogP contribution in [0.25, 0.3) is 0 Å². The number of para-hydroxylation sites is 1. The van der Waals surface area contributed by atoms with Crippen molar-refractivity contribution in [2.24, 2.45) is 5.73 Å². The number of carbonyl (C=O) groups excluding carboxylic acids is 3. The maximum absolute atomic E-state index is 13.8. The summed E-state index contributed by atoms with van der Waals surface area (Å²) in [5.74, 6) is -1.58. The summed E-state index contributed by atoms with van der Waals surface area (Å²) in [7, 11) is 0. The molecule has 166 valence electrons. The fourth-order valence-electron chi connectivity index (χ4n) is 3.88. The van der Waals surface area contributed by atoms with Crippen molar-refractivity contribution in [1.82, 2.24) is 9.69 Å². The van der Waals surface area contributed by atoms with Gasteiger partial charge in [0.1, 0.15) is 4.88 Å². The van der Waals surface area contributed by atoms with Crippen LogP contribution in [0.5, 0.6) is 0 Å². The molecular formula is C22H23N5O3S2. The van der Waals surface area contributed by atoms with Crippen LogP contribution < -0.4 is 21.7 Å². The van der Waals surface area contributed by atoms with Crippen LogP contribution in [0.4, 0.5) is 11.4 Å². The van der Waals surface area contributed by atoms with Gasteiger partial charge in [-0.25, -0.2) is 0 Å². The Morgan fingerprint density at radius 1 is 1.09 bits per heavy atom. The van der Waals surface area contributed by atoms with Crippen molar-refractivity contribution in [2.75, 3.05) is 10.6 Å². The van der Waals surface area contributed by atoms with E-state index in [1.54, 1.807) is 24.3 Å². The van der Waals surface area contributed by atoms with Crippen LogP contribution in [-0.2, 0) is 4.79 Å². The molecule has 1 fully saturated rings. The number of anilines is 2. The lowest BCUT2D eigenvalue weighted by atomic mass is 10.1. The largest absolute Gasteiger partial charge is 0.395 e. The van der Waals surface area contributed by atoms with E-state index in [9.17, 15) is 14.4 Å². The highest BCUT2D eigenvalue weighted by Crippen LogP contribution is 2.35. The SMILES string of the molecule is NC(=O)c1nsc(C(=O)N(c2ccccc2)[C@H](C(=O)NC2CCCC2)c2cccs2)c1N. The molecule has 0 spiro atoms. The van der Waals surface area contributed by atoms with E-state index in [-0.39, 0.29) is 28.2 Å². The first kappa shape index (κ1) is 22.0. The second-order valence-electron chi connectivity index (χ2n) is 7.56. The van der Waals surface area contributed by atoms with Gasteiger partial charge >= 0.3 is 0 Å². The molecule has 1 saturated carbocycles. The lowest BCUT2D eigenvalue weighted by Gasteiger charge is -2.31. The van der Waals surface area contributed by atoms with Crippen LogP contribution in [0.2, 0.25) is 0 Å². The number of aromatic nitrogens is 1. The van der Waals surface area contributed by atoms with Crippen molar-refractivity contribution < 1.29 is 14.4 Å². The Morgan fingerprint density at radius 2 is 1.81 bits per heavy atom. The molecule has 32 heavy (non-hydrogen) atoms. The van der Waals surface area contributed by atoms with E-state index in [0.29, 0.717) is 5.69 Å². The Morgan fingerprint density at radius 3 is 2.41 bits per heavy atom. The fourth-order valence-corrected chi connectivity index (χ4v) is 5.44. The summed E-state index contributed by atoms with van der Waals surface area (Å²) in [5, 5.41) is 4.98. The number of amides is 3. The average molecular weight is 470 g/mol. The van der Waals surface area contributed by atoms with Gasteiger partial charge in [0, 0.05) is 16.6 Å². The van der Waals surface area contributed by atoms with Gasteiger partial charge in [-0.15, -0.1) is 11.3 Å². The molecule has 2 aromatic heterocycles. The Bertz CT molecular complexity index is 1110. The molecule has 4 rings (SSSR count). The van der Waals surface area contributed by atoms with E-state index < -0.39 is 17.9 Å². The number of rotatable bonds is 7. The molecule has 3 aromatic rings. The third-order valence-corrected chi connectivity index (χ3v) is 7.21. The van der Waals surface area contributed by atoms with Gasteiger partial charge in [-0.3, -0.25) is 19.3 Å². The van der Waals surface area contributed by atoms with Gasteiger partial charge < -0.3 is 16.8 Å². The number of carbonyl (C=O) groups is 3. The van der Waals surface area contributed by atoms with E-state index in [4.69, 9.17) is 11.5 Å². The molecule has 1 aromatic carbocycles. The second-order valence-corrected chi connectivity index (χ2v) is 9.31. The van der Waals surface area contributed by atoms with Gasteiger partial charge in [0.25, 0.3) is 11.8 Å². The number of nitrogens with two attached hydrogens (primary N) is 2. The van der Waals surface area contributed by atoms with Crippen molar-refractivity contribution in [3.63, 3.8) is 0 Å². The number of primary amides is 1. The molecule has 0 unspecified atom stereocenters. The van der Waals surface area contributed by atoms with Crippen LogP contribution in [0.1, 0.15) is 56.8 Å². The summed E-state index contributed by atoms with van der Waals surface area (Å²) in [5.41, 5.74) is 11.7. The molecule has 8 nitrogen and oxygen atoms in total. The molecule has 5 N–H and O–H groups in total. The smallest absolute Gasteiger partial charge is 0.273 e. The summed E-state index contributed by atoms with van der Waals surface area (Å²) in [6.07, 6.45) is 3.99. The fraction of sp³-hybridized carbons (Fsp3) is 0.273. The Balaban J connectivity index is 1.79. The summed E-state index contributed by atoms with van der Waals surface area (Å²) in [6.45, 7) is 0. The quantitative estimate of drug-likeness (QED) is 0.488. The molecule has 3 amide bonds. The van der Waals surface area contributed by atoms with Gasteiger partial charge in [-0.05, 0) is 48.0 Å². The van der Waals surface area contributed by atoms with Gasteiger partial charge in [0.2, 0.25) is 5.91 Å². The van der Waals surface area contributed by atoms with Crippen molar-refractivity contribution in [1.29, 1.82) is 0 Å². The highest BCUT2D eigenvalue weighted by Gasteiger charge is 2.37. The molecule has 0 saturated heterocycles. The van der Waals surface area contributed by atoms with Crippen LogP contribution in [0.3, 0.4) is 0 Å². The number of nitrogen functional groups attached to an aromatic ring is 1. The molecule has 0 radical (unpaired) electrons. The van der Waals surface area contributed by atoms with Crippen LogP contribution in [0.15, 0.2) is 47.8 Å². The van der Waals surface area contributed by atoms with Crippen molar-refractivity contribution in [3.8, 4) is 0 Å². The van der Waals surface area contributed by atoms with Gasteiger partial charge in [0.05, 0.1) is 5.69 Å². The van der Waals surface area contributed by atoms with E-state index in [1.165, 1.54) is 16.2 Å². The zero-order chi connectivity index (χ0) is 22.7. The minimum atomic E-state index is -0.899. The van der Waals surface area contributed by atoms with E-state index in [0.717, 1.165) is 42.1 Å². The number of thiophene rings is 1. The molecule has 0 aliphatic heterocycles. The minimum absolute atomic E-state index is 0.0675. The van der Waals surface area contributed by atoms with Crippen molar-refractivity contribution in [2.45, 2.75) is 37.8 Å². The van der Waals surface area contributed by atoms with Gasteiger partial charge in [-0.1, -0.05) is 37.1 Å². The number of benzene rings is 1. The van der Waals surface area contributed by atoms with Crippen molar-refractivity contribution in [3.05, 3.63) is 63.3 Å². The normalized spacial score (nSPS) is 14.8. The van der Waals surface area contributed by atoms with E-state index in [1.807, 2.05) is 23.6 Å². The number of hydrogen-bond donors (Lipinski definition) is 3. The average Bonchev–Trinajstić information content (AvgIpc) is 3.54. The lowest BCUT2D eigenvalue weighted by Crippen LogP contribution is -2.46. The standard InChI is InChI=1S/C22H23N5O3S2/c23-16-17(20(24)28)26-32-19(16)22(30)27(14-9-2-1-3-10-14)18(15-11-6-12-31-15)21(29)25-13-7-4-5-8-13/h1-3,6,9-13,18H,4-5,7-8,23H2,(H2,24,28)(H,25,29)/t18-/m0/s1. The Hall–Kier alpha value is -3.24. The van der Waals surface area contributed by atoms with Crippen LogP contribution in [0, 0.1) is 0 Å². The van der Waals surface area contributed by atoms with Gasteiger partial charge in [-0.2, -0.15) is 4.37 Å². The third kappa shape index (κ3) is 4.37. The first-order valence-electron chi connectivity index (χ1n) is 10.2. The zero-order valence-electron chi connectivity index (χ0n) is 17.2. The molecule has 2 heterocycles. The molecule has 1 aliphatic rings. The number of nitrogens with zero attached hydrogens (tertiary/aromatic N) is 2. The molecular weight excluding hydrogens is 446 g/mol.